The lowest BCUT2D eigenvalue weighted by molar-refractivity contribution is -0.386. The van der Waals surface area contributed by atoms with Crippen LogP contribution in [0.25, 0.3) is 0 Å². The molecule has 1 aromatic rings. The minimum Gasteiger partial charge on any atom is -0.423 e. The second-order valence-electron chi connectivity index (χ2n) is 4.09. The lowest BCUT2D eigenvalue weighted by Crippen LogP contribution is -2.31. The molecule has 0 saturated carbocycles. The van der Waals surface area contributed by atoms with Gasteiger partial charge in [-0.05, 0) is 25.5 Å². The Hall–Kier alpha value is -1.47. The van der Waals surface area contributed by atoms with Gasteiger partial charge in [-0.15, -0.1) is 0 Å². The van der Waals surface area contributed by atoms with Gasteiger partial charge in [-0.2, -0.15) is 4.39 Å². The van der Waals surface area contributed by atoms with E-state index in [0.29, 0.717) is 5.56 Å². The Bertz CT molecular complexity index is 477. The zero-order valence-corrected chi connectivity index (χ0v) is 8.73. The Morgan fingerprint density at radius 1 is 1.56 bits per heavy atom. The molecule has 0 bridgehead atoms. The average molecular weight is 225 g/mol. The zero-order valence-electron chi connectivity index (χ0n) is 8.73. The molecule has 1 heterocycles. The highest BCUT2D eigenvalue weighted by Gasteiger charge is 2.46. The van der Waals surface area contributed by atoms with E-state index in [1.165, 1.54) is 6.07 Å². The van der Waals surface area contributed by atoms with Crippen LogP contribution in [0.3, 0.4) is 0 Å². The summed E-state index contributed by atoms with van der Waals surface area (Å²) in [5, 5.41) is 20.3. The van der Waals surface area contributed by atoms with Crippen molar-refractivity contribution in [2.45, 2.75) is 19.4 Å². The average Bonchev–Trinajstić information content (AvgIpc) is 2.36. The number of benzene rings is 1. The summed E-state index contributed by atoms with van der Waals surface area (Å²) >= 11 is 0. The van der Waals surface area contributed by atoms with Crippen LogP contribution >= 0.6 is 0 Å². The molecule has 0 unspecified atom stereocenters. The quantitative estimate of drug-likeness (QED) is 0.433. The second-order valence-corrected chi connectivity index (χ2v) is 4.09. The molecule has 0 saturated heterocycles. The molecule has 1 N–H and O–H groups in total. The fourth-order valence-corrected chi connectivity index (χ4v) is 1.94. The van der Waals surface area contributed by atoms with Crippen LogP contribution in [0.15, 0.2) is 12.1 Å². The summed E-state index contributed by atoms with van der Waals surface area (Å²) in [6, 6.07) is 2.41. The summed E-state index contributed by atoms with van der Waals surface area (Å²) < 4.78 is 18.5. The molecule has 0 aliphatic carbocycles. The maximum Gasteiger partial charge on any atom is 0.499 e. The molecule has 84 valence electrons. The van der Waals surface area contributed by atoms with Gasteiger partial charge in [0, 0.05) is 0 Å². The smallest absolute Gasteiger partial charge is 0.423 e. The summed E-state index contributed by atoms with van der Waals surface area (Å²) in [6.45, 7) is 3.31. The highest BCUT2D eigenvalue weighted by atomic mass is 19.1. The predicted molar refractivity (Wildman–Crippen MR) is 54.8 cm³/mol. The standard InChI is InChI=1S/C9H9BFNO4/c1-9(2)5-3-4-6(11)8(12(14)15)7(5)10(13)16-9/h3-4,13H,1-2H3. The monoisotopic (exact) mass is 225 g/mol. The zero-order chi connectivity index (χ0) is 12.1. The first kappa shape index (κ1) is 11.0. The van der Waals surface area contributed by atoms with Crippen molar-refractivity contribution >= 4 is 18.3 Å². The molecule has 5 nitrogen and oxygen atoms in total. The van der Waals surface area contributed by atoms with E-state index in [0.717, 1.165) is 6.07 Å². The topological polar surface area (TPSA) is 72.6 Å². The van der Waals surface area contributed by atoms with Crippen LogP contribution in [-0.2, 0) is 10.3 Å². The van der Waals surface area contributed by atoms with Gasteiger partial charge in [-0.1, -0.05) is 6.07 Å². The van der Waals surface area contributed by atoms with Crippen molar-refractivity contribution in [1.82, 2.24) is 0 Å². The minimum atomic E-state index is -1.46. The van der Waals surface area contributed by atoms with E-state index < -0.39 is 29.1 Å². The van der Waals surface area contributed by atoms with Crippen molar-refractivity contribution in [3.8, 4) is 0 Å². The Morgan fingerprint density at radius 2 is 2.19 bits per heavy atom. The number of nitro benzene ring substituents is 1. The van der Waals surface area contributed by atoms with Gasteiger partial charge in [0.1, 0.15) is 0 Å². The van der Waals surface area contributed by atoms with Gasteiger partial charge in [0.2, 0.25) is 0 Å². The van der Waals surface area contributed by atoms with Gasteiger partial charge in [0.25, 0.3) is 0 Å². The molecule has 0 radical (unpaired) electrons. The molecule has 1 aromatic carbocycles. The first-order valence-corrected chi connectivity index (χ1v) is 4.68. The Balaban J connectivity index is 2.75. The second kappa shape index (κ2) is 3.26. The van der Waals surface area contributed by atoms with Gasteiger partial charge in [-0.3, -0.25) is 10.1 Å². The maximum absolute atomic E-state index is 13.3. The largest absolute Gasteiger partial charge is 0.499 e. The summed E-state index contributed by atoms with van der Waals surface area (Å²) in [5.41, 5.74) is -1.22. The fourth-order valence-electron chi connectivity index (χ4n) is 1.94. The van der Waals surface area contributed by atoms with Crippen LogP contribution in [0.5, 0.6) is 0 Å². The maximum atomic E-state index is 13.3. The van der Waals surface area contributed by atoms with Gasteiger partial charge < -0.3 is 9.68 Å². The normalized spacial score (nSPS) is 17.4. The van der Waals surface area contributed by atoms with E-state index in [1.807, 2.05) is 0 Å². The first-order chi connectivity index (χ1) is 7.34. The molecule has 1 aliphatic rings. The van der Waals surface area contributed by atoms with Crippen LogP contribution in [0.2, 0.25) is 0 Å². The predicted octanol–water partition coefficient (Wildman–Crippen LogP) is 0.687. The number of rotatable bonds is 1. The van der Waals surface area contributed by atoms with Crippen LogP contribution in [-0.4, -0.2) is 17.1 Å². The number of halogens is 1. The highest BCUT2D eigenvalue weighted by molar-refractivity contribution is 6.63. The van der Waals surface area contributed by atoms with Crippen molar-refractivity contribution < 1.29 is 19.0 Å². The third-order valence-electron chi connectivity index (χ3n) is 2.65. The van der Waals surface area contributed by atoms with Gasteiger partial charge in [-0.25, -0.2) is 0 Å². The van der Waals surface area contributed by atoms with E-state index in [9.17, 15) is 19.5 Å². The summed E-state index contributed by atoms with van der Waals surface area (Å²) in [5.74, 6) is -0.968. The lowest BCUT2D eigenvalue weighted by Gasteiger charge is -2.19. The molecule has 0 amide bonds. The van der Waals surface area contributed by atoms with E-state index in [1.54, 1.807) is 13.8 Å². The molecule has 0 spiro atoms. The highest BCUT2D eigenvalue weighted by Crippen LogP contribution is 2.33. The summed E-state index contributed by atoms with van der Waals surface area (Å²) in [4.78, 5) is 9.89. The Morgan fingerprint density at radius 3 is 2.75 bits per heavy atom. The first-order valence-electron chi connectivity index (χ1n) is 4.68. The van der Waals surface area contributed by atoms with E-state index >= 15 is 0 Å². The minimum absolute atomic E-state index is 0.0880. The van der Waals surface area contributed by atoms with Crippen molar-refractivity contribution in [2.75, 3.05) is 0 Å². The van der Waals surface area contributed by atoms with Crippen molar-refractivity contribution in [3.63, 3.8) is 0 Å². The number of nitro groups is 1. The van der Waals surface area contributed by atoms with E-state index in [-0.39, 0.29) is 5.46 Å². The van der Waals surface area contributed by atoms with Gasteiger partial charge in [0.05, 0.1) is 16.0 Å². The molecule has 1 aliphatic heterocycles. The molecule has 0 aromatic heterocycles. The fraction of sp³-hybridized carbons (Fsp3) is 0.333. The van der Waals surface area contributed by atoms with E-state index in [2.05, 4.69) is 0 Å². The number of hydrogen-bond donors (Lipinski definition) is 1. The van der Waals surface area contributed by atoms with Crippen LogP contribution in [0.1, 0.15) is 19.4 Å². The molecule has 0 fully saturated rings. The van der Waals surface area contributed by atoms with Gasteiger partial charge in [0.15, 0.2) is 5.82 Å². The summed E-state index contributed by atoms with van der Waals surface area (Å²) in [6.07, 6.45) is 0. The third-order valence-corrected chi connectivity index (χ3v) is 2.65. The molecule has 7 heteroatoms. The molecular weight excluding hydrogens is 216 g/mol. The van der Waals surface area contributed by atoms with Crippen molar-refractivity contribution in [2.24, 2.45) is 0 Å². The van der Waals surface area contributed by atoms with Gasteiger partial charge >= 0.3 is 12.8 Å². The number of fused-ring (bicyclic) bond motifs is 1. The lowest BCUT2D eigenvalue weighted by atomic mass is 9.77. The van der Waals surface area contributed by atoms with Crippen molar-refractivity contribution in [1.29, 1.82) is 0 Å². The van der Waals surface area contributed by atoms with Crippen LogP contribution < -0.4 is 5.46 Å². The number of hydrogen-bond acceptors (Lipinski definition) is 4. The number of nitrogens with zero attached hydrogens (tertiary/aromatic N) is 1. The van der Waals surface area contributed by atoms with Crippen molar-refractivity contribution in [3.05, 3.63) is 33.6 Å². The summed E-state index contributed by atoms with van der Waals surface area (Å²) in [7, 11) is -1.46. The Labute approximate surface area is 91.1 Å². The molecule has 0 atom stereocenters. The molecule has 16 heavy (non-hydrogen) atoms. The van der Waals surface area contributed by atoms with E-state index in [4.69, 9.17) is 4.65 Å². The van der Waals surface area contributed by atoms with Crippen LogP contribution in [0.4, 0.5) is 10.1 Å². The Kier molecular flexibility index (Phi) is 2.25. The molecular formula is C9H9BFNO4. The third kappa shape index (κ3) is 1.40. The SMILES string of the molecule is CC1(C)OB(O)c2c1ccc(F)c2[N+](=O)[O-]. The molecule has 2 rings (SSSR count). The van der Waals surface area contributed by atoms with Crippen LogP contribution in [0, 0.1) is 15.9 Å².